The number of ketones is 1. The topological polar surface area (TPSA) is 72.6 Å². The second-order valence-electron chi connectivity index (χ2n) is 7.31. The second-order valence-corrected chi connectivity index (χ2v) is 7.31. The maximum Gasteiger partial charge on any atom is 0.227 e. The summed E-state index contributed by atoms with van der Waals surface area (Å²) in [5, 5.41) is 10.4. The highest BCUT2D eigenvalue weighted by molar-refractivity contribution is 6.10. The van der Waals surface area contributed by atoms with Crippen LogP contribution >= 0.6 is 0 Å². The number of nitrogens with zero attached hydrogens (tertiary/aromatic N) is 1. The molecular weight excluding hydrogens is 402 g/mol. The Morgan fingerprint density at radius 1 is 0.875 bits per heavy atom. The van der Waals surface area contributed by atoms with Gasteiger partial charge in [0.05, 0.1) is 5.56 Å². The Kier molecular flexibility index (Phi) is 5.14. The molecule has 0 saturated carbocycles. The number of hydrogen-bond donors (Lipinski definition) is 1. The van der Waals surface area contributed by atoms with Gasteiger partial charge in [-0.25, -0.2) is 4.98 Å². The summed E-state index contributed by atoms with van der Waals surface area (Å²) in [4.78, 5) is 17.2. The predicted molar refractivity (Wildman–Crippen MR) is 122 cm³/mol. The van der Waals surface area contributed by atoms with E-state index in [1.807, 2.05) is 54.6 Å². The molecule has 0 bridgehead atoms. The van der Waals surface area contributed by atoms with E-state index in [2.05, 4.69) is 4.98 Å². The number of rotatable bonds is 6. The van der Waals surface area contributed by atoms with Gasteiger partial charge < -0.3 is 14.3 Å². The molecule has 4 aromatic carbocycles. The first-order valence-corrected chi connectivity index (χ1v) is 10.2. The molecule has 5 aromatic rings. The van der Waals surface area contributed by atoms with Crippen molar-refractivity contribution in [2.75, 3.05) is 0 Å². The number of hydrogen-bond acceptors (Lipinski definition) is 5. The van der Waals surface area contributed by atoms with Gasteiger partial charge in [-0.15, -0.1) is 0 Å². The highest BCUT2D eigenvalue weighted by Gasteiger charge is 2.15. The van der Waals surface area contributed by atoms with E-state index in [0.29, 0.717) is 17.2 Å². The minimum absolute atomic E-state index is 0.122. The van der Waals surface area contributed by atoms with Crippen molar-refractivity contribution in [3.63, 3.8) is 0 Å². The Labute approximate surface area is 184 Å². The van der Waals surface area contributed by atoms with Crippen LogP contribution in [0.2, 0.25) is 0 Å². The molecule has 1 N–H and O–H groups in total. The first kappa shape index (κ1) is 19.6. The van der Waals surface area contributed by atoms with Gasteiger partial charge in [0.15, 0.2) is 11.4 Å². The summed E-state index contributed by atoms with van der Waals surface area (Å²) in [7, 11) is 0. The Morgan fingerprint density at radius 3 is 2.44 bits per heavy atom. The number of ether oxygens (including phenoxy) is 1. The van der Waals surface area contributed by atoms with Crippen LogP contribution < -0.4 is 4.74 Å². The van der Waals surface area contributed by atoms with Crippen molar-refractivity contribution in [3.8, 4) is 23.0 Å². The lowest BCUT2D eigenvalue weighted by atomic mass is 10.0. The quantitative estimate of drug-likeness (QED) is 0.340. The summed E-state index contributed by atoms with van der Waals surface area (Å²) in [5.41, 5.74) is 3.99. The summed E-state index contributed by atoms with van der Waals surface area (Å²) < 4.78 is 11.8. The lowest BCUT2D eigenvalue weighted by molar-refractivity contribution is 0.103. The molecule has 5 nitrogen and oxygen atoms in total. The van der Waals surface area contributed by atoms with Crippen LogP contribution in [0.15, 0.2) is 101 Å². The summed E-state index contributed by atoms with van der Waals surface area (Å²) in [6.45, 7) is 0.250. The van der Waals surface area contributed by atoms with Gasteiger partial charge >= 0.3 is 0 Å². The van der Waals surface area contributed by atoms with Gasteiger partial charge in [-0.1, -0.05) is 60.7 Å². The summed E-state index contributed by atoms with van der Waals surface area (Å²) in [5.74, 6) is 0.621. The molecule has 5 rings (SSSR count). The molecule has 156 valence electrons. The van der Waals surface area contributed by atoms with Crippen LogP contribution in [0, 0.1) is 0 Å². The third-order valence-electron chi connectivity index (χ3n) is 5.19. The highest BCUT2D eigenvalue weighted by atomic mass is 16.5. The van der Waals surface area contributed by atoms with Gasteiger partial charge in [-0.05, 0) is 30.3 Å². The van der Waals surface area contributed by atoms with E-state index < -0.39 is 0 Å². The van der Waals surface area contributed by atoms with Crippen LogP contribution in [0.3, 0.4) is 0 Å². The van der Waals surface area contributed by atoms with Crippen LogP contribution in [-0.2, 0) is 6.61 Å². The number of aromatic hydroxyl groups is 1. The fourth-order valence-electron chi connectivity index (χ4n) is 3.54. The number of carbonyl (C=O) groups excluding carboxylic acids is 1. The van der Waals surface area contributed by atoms with Crippen molar-refractivity contribution in [3.05, 3.63) is 114 Å². The maximum atomic E-state index is 12.6. The first-order valence-electron chi connectivity index (χ1n) is 10.2. The van der Waals surface area contributed by atoms with E-state index in [1.54, 1.807) is 36.4 Å². The van der Waals surface area contributed by atoms with Crippen LogP contribution in [0.25, 0.3) is 22.6 Å². The molecule has 0 aliphatic rings. The van der Waals surface area contributed by atoms with Crippen molar-refractivity contribution in [2.24, 2.45) is 0 Å². The van der Waals surface area contributed by atoms with E-state index in [4.69, 9.17) is 9.15 Å². The largest absolute Gasteiger partial charge is 0.507 e. The number of phenols is 1. The van der Waals surface area contributed by atoms with E-state index in [-0.39, 0.29) is 23.7 Å². The first-order chi connectivity index (χ1) is 15.7. The van der Waals surface area contributed by atoms with E-state index in [1.165, 1.54) is 6.07 Å². The molecule has 0 aliphatic heterocycles. The molecule has 1 aromatic heterocycles. The third-order valence-corrected chi connectivity index (χ3v) is 5.19. The fourth-order valence-corrected chi connectivity index (χ4v) is 3.54. The smallest absolute Gasteiger partial charge is 0.227 e. The molecule has 0 amide bonds. The minimum atomic E-state index is -0.240. The average molecular weight is 421 g/mol. The van der Waals surface area contributed by atoms with E-state index >= 15 is 0 Å². The number of carbonyl (C=O) groups is 1. The van der Waals surface area contributed by atoms with Gasteiger partial charge in [0.2, 0.25) is 5.89 Å². The standard InChI is InChI=1S/C27H19NO4/c29-24-16-20(14-15-22(24)26(30)18-8-2-1-3-9-18)31-17-19-10-4-5-11-21(19)27-28-23-12-6-7-13-25(23)32-27/h1-16,29H,17H2. The van der Waals surface area contributed by atoms with Crippen molar-refractivity contribution < 1.29 is 19.1 Å². The number of para-hydroxylation sites is 2. The Hall–Kier alpha value is -4.38. The van der Waals surface area contributed by atoms with Crippen LogP contribution in [0.1, 0.15) is 21.5 Å². The van der Waals surface area contributed by atoms with Gasteiger partial charge in [-0.2, -0.15) is 0 Å². The zero-order valence-corrected chi connectivity index (χ0v) is 17.1. The Morgan fingerprint density at radius 2 is 1.62 bits per heavy atom. The number of aromatic nitrogens is 1. The molecule has 0 spiro atoms. The van der Waals surface area contributed by atoms with Gasteiger partial charge in [0.25, 0.3) is 0 Å². The summed E-state index contributed by atoms with van der Waals surface area (Å²) in [6, 6.07) is 28.9. The lowest BCUT2D eigenvalue weighted by Crippen LogP contribution is -2.02. The van der Waals surface area contributed by atoms with Crippen molar-refractivity contribution in [1.82, 2.24) is 4.98 Å². The summed E-state index contributed by atoms with van der Waals surface area (Å²) >= 11 is 0. The van der Waals surface area contributed by atoms with Gasteiger partial charge in [-0.3, -0.25) is 4.79 Å². The minimum Gasteiger partial charge on any atom is -0.507 e. The van der Waals surface area contributed by atoms with Gasteiger partial charge in [0.1, 0.15) is 23.6 Å². The number of phenolic OH excluding ortho intramolecular Hbond substituents is 1. The van der Waals surface area contributed by atoms with Gasteiger partial charge in [0, 0.05) is 22.8 Å². The van der Waals surface area contributed by atoms with Crippen LogP contribution in [-0.4, -0.2) is 15.9 Å². The van der Waals surface area contributed by atoms with Crippen molar-refractivity contribution in [1.29, 1.82) is 0 Å². The molecule has 0 atom stereocenters. The molecule has 0 fully saturated rings. The number of fused-ring (bicyclic) bond motifs is 1. The molecule has 1 heterocycles. The normalized spacial score (nSPS) is 10.9. The lowest BCUT2D eigenvalue weighted by Gasteiger charge is -2.11. The Bertz CT molecular complexity index is 1370. The highest BCUT2D eigenvalue weighted by Crippen LogP contribution is 2.30. The molecular formula is C27H19NO4. The molecule has 0 saturated heterocycles. The number of benzene rings is 4. The number of oxazole rings is 1. The third kappa shape index (κ3) is 3.84. The molecule has 0 aliphatic carbocycles. The molecule has 32 heavy (non-hydrogen) atoms. The molecule has 0 unspecified atom stereocenters. The van der Waals surface area contributed by atoms with E-state index in [0.717, 1.165) is 22.2 Å². The van der Waals surface area contributed by atoms with Crippen LogP contribution in [0.4, 0.5) is 0 Å². The zero-order chi connectivity index (χ0) is 21.9. The summed E-state index contributed by atoms with van der Waals surface area (Å²) in [6.07, 6.45) is 0. The SMILES string of the molecule is O=C(c1ccccc1)c1ccc(OCc2ccccc2-c2nc3ccccc3o2)cc1O. The predicted octanol–water partition coefficient (Wildman–Crippen LogP) is 6.01. The molecule has 0 radical (unpaired) electrons. The van der Waals surface area contributed by atoms with E-state index in [9.17, 15) is 9.90 Å². The van der Waals surface area contributed by atoms with Crippen LogP contribution in [0.5, 0.6) is 11.5 Å². The fraction of sp³-hybridized carbons (Fsp3) is 0.0370. The Balaban J connectivity index is 1.36. The average Bonchev–Trinajstić information content (AvgIpc) is 3.27. The van der Waals surface area contributed by atoms with Crippen molar-refractivity contribution >= 4 is 16.9 Å². The molecule has 5 heteroatoms. The van der Waals surface area contributed by atoms with Crippen molar-refractivity contribution in [2.45, 2.75) is 6.61 Å². The second kappa shape index (κ2) is 8.40. The maximum absolute atomic E-state index is 12.6. The zero-order valence-electron chi connectivity index (χ0n) is 17.1. The monoisotopic (exact) mass is 421 g/mol.